The Bertz CT molecular complexity index is 1780. The summed E-state index contributed by atoms with van der Waals surface area (Å²) < 4.78 is 46.6. The molecule has 3 aliphatic rings. The third-order valence-corrected chi connectivity index (χ3v) is 11.2. The number of benzene rings is 3. The number of carbonyl (C=O) groups is 2. The van der Waals surface area contributed by atoms with Gasteiger partial charge >= 0.3 is 0 Å². The van der Waals surface area contributed by atoms with Crippen molar-refractivity contribution < 1.29 is 32.2 Å². The number of morpholine rings is 1. The molecule has 0 saturated carbocycles. The first-order chi connectivity index (χ1) is 22.5. The van der Waals surface area contributed by atoms with E-state index in [1.54, 1.807) is 32.3 Å². The van der Waals surface area contributed by atoms with Gasteiger partial charge < -0.3 is 19.1 Å². The van der Waals surface area contributed by atoms with Gasteiger partial charge in [0.15, 0.2) is 5.54 Å². The Morgan fingerprint density at radius 2 is 1.70 bits per heavy atom. The summed E-state index contributed by atoms with van der Waals surface area (Å²) >= 11 is 6.65. The van der Waals surface area contributed by atoms with E-state index in [-0.39, 0.29) is 16.5 Å². The van der Waals surface area contributed by atoms with E-state index >= 15 is 4.79 Å². The zero-order valence-corrected chi connectivity index (χ0v) is 28.5. The minimum atomic E-state index is -4.45. The van der Waals surface area contributed by atoms with Gasteiger partial charge in [0.25, 0.3) is 15.9 Å². The summed E-state index contributed by atoms with van der Waals surface area (Å²) in [5.74, 6) is -0.0483. The van der Waals surface area contributed by atoms with Gasteiger partial charge in [0, 0.05) is 56.4 Å². The lowest BCUT2D eigenvalue weighted by molar-refractivity contribution is -0.138. The number of sulfonamides is 1. The van der Waals surface area contributed by atoms with E-state index in [0.717, 1.165) is 23.0 Å². The minimum absolute atomic E-state index is 0.0845. The molecule has 13 heteroatoms. The molecule has 3 heterocycles. The Labute approximate surface area is 280 Å². The normalized spacial score (nSPS) is 21.9. The first-order valence-electron chi connectivity index (χ1n) is 15.5. The number of amides is 2. The average molecular weight is 683 g/mol. The maximum atomic E-state index is 15.5. The van der Waals surface area contributed by atoms with Gasteiger partial charge in [-0.1, -0.05) is 17.7 Å². The summed E-state index contributed by atoms with van der Waals surface area (Å²) in [4.78, 5) is 34.8. The Hall–Kier alpha value is -3.68. The molecule has 2 amide bonds. The molecule has 2 saturated heterocycles. The zero-order chi connectivity index (χ0) is 33.5. The van der Waals surface area contributed by atoms with E-state index in [4.69, 9.17) is 25.8 Å². The van der Waals surface area contributed by atoms with Gasteiger partial charge in [0.2, 0.25) is 5.91 Å². The smallest absolute Gasteiger partial charge is 0.271 e. The number of ether oxygens (including phenoxy) is 3. The summed E-state index contributed by atoms with van der Waals surface area (Å²) in [6.45, 7) is 3.69. The van der Waals surface area contributed by atoms with Crippen LogP contribution >= 0.6 is 11.6 Å². The number of likely N-dealkylation sites (tertiary alicyclic amines) is 1. The molecule has 3 aromatic carbocycles. The van der Waals surface area contributed by atoms with Crippen LogP contribution in [0.15, 0.2) is 65.6 Å². The first kappa shape index (κ1) is 33.2. The molecule has 0 aliphatic carbocycles. The highest BCUT2D eigenvalue weighted by Crippen LogP contribution is 2.55. The molecule has 6 rings (SSSR count). The van der Waals surface area contributed by atoms with Gasteiger partial charge in [-0.25, -0.2) is 12.7 Å². The third-order valence-electron chi connectivity index (χ3n) is 9.23. The van der Waals surface area contributed by atoms with Gasteiger partial charge in [0.05, 0.1) is 44.1 Å². The van der Waals surface area contributed by atoms with Crippen LogP contribution in [0.5, 0.6) is 11.5 Å². The van der Waals surface area contributed by atoms with Crippen LogP contribution in [-0.2, 0) is 36.4 Å². The summed E-state index contributed by atoms with van der Waals surface area (Å²) in [7, 11) is 1.91. The van der Waals surface area contributed by atoms with Gasteiger partial charge in [-0.15, -0.1) is 0 Å². The van der Waals surface area contributed by atoms with Crippen molar-refractivity contribution in [3.05, 3.63) is 82.4 Å². The second-order valence-electron chi connectivity index (χ2n) is 12.1. The van der Waals surface area contributed by atoms with Crippen LogP contribution in [-0.4, -0.2) is 102 Å². The molecule has 0 bridgehead atoms. The molecule has 250 valence electrons. The Morgan fingerprint density at radius 3 is 2.36 bits per heavy atom. The third kappa shape index (κ3) is 5.65. The summed E-state index contributed by atoms with van der Waals surface area (Å²) in [6.07, 6.45) is 1.11. The van der Waals surface area contributed by atoms with Crippen molar-refractivity contribution in [2.24, 2.45) is 0 Å². The maximum absolute atomic E-state index is 15.5. The molecule has 0 N–H and O–H groups in total. The molecule has 47 heavy (non-hydrogen) atoms. The summed E-state index contributed by atoms with van der Waals surface area (Å²) in [5.41, 5.74) is 0.125. The number of likely N-dealkylation sites (N-methyl/N-ethyl adjacent to an activating group) is 1. The van der Waals surface area contributed by atoms with Gasteiger partial charge in [0.1, 0.15) is 11.5 Å². The Kier molecular flexibility index (Phi) is 9.25. The molecule has 11 nitrogen and oxygen atoms in total. The Balaban J connectivity index is 1.62. The topological polar surface area (TPSA) is 109 Å². The number of hydrogen-bond acceptors (Lipinski definition) is 9. The standard InChI is InChI=1S/C34H39ClN4O7S/c1-36(2)32(40)30-6-5-15-38(30)34(28-20-23(7-14-31(28)45-4)22-37-16-18-46-19-17-37)27-21-24(35)8-13-29(27)39(33(34)41)47(42,43)26-11-9-25(44-3)10-12-26/h7-14,20-21,30H,5-6,15-19,22H2,1-4H3/t30-,34?/m0/s1. The van der Waals surface area contributed by atoms with Crippen LogP contribution in [0.2, 0.25) is 5.02 Å². The molecule has 2 fully saturated rings. The first-order valence-corrected chi connectivity index (χ1v) is 17.3. The van der Waals surface area contributed by atoms with E-state index in [0.29, 0.717) is 66.8 Å². The number of halogens is 1. The number of anilines is 1. The van der Waals surface area contributed by atoms with Crippen LogP contribution in [0.25, 0.3) is 0 Å². The highest BCUT2D eigenvalue weighted by Gasteiger charge is 2.63. The van der Waals surface area contributed by atoms with E-state index in [2.05, 4.69) is 4.90 Å². The summed E-state index contributed by atoms with van der Waals surface area (Å²) in [6, 6.07) is 15.6. The van der Waals surface area contributed by atoms with E-state index in [1.807, 2.05) is 23.1 Å². The van der Waals surface area contributed by atoms with Crippen LogP contribution in [0.3, 0.4) is 0 Å². The maximum Gasteiger partial charge on any atom is 0.271 e. The molecule has 3 aliphatic heterocycles. The average Bonchev–Trinajstić information content (AvgIpc) is 3.65. The lowest BCUT2D eigenvalue weighted by atomic mass is 9.80. The number of hydrogen-bond donors (Lipinski definition) is 0. The molecule has 0 aromatic heterocycles. The van der Waals surface area contributed by atoms with Crippen molar-refractivity contribution >= 4 is 39.1 Å². The molecule has 0 spiro atoms. The van der Waals surface area contributed by atoms with Gasteiger partial charge in [-0.05, 0) is 73.0 Å². The monoisotopic (exact) mass is 682 g/mol. The lowest BCUT2D eigenvalue weighted by Gasteiger charge is -2.42. The highest BCUT2D eigenvalue weighted by molar-refractivity contribution is 7.93. The van der Waals surface area contributed by atoms with E-state index in [9.17, 15) is 13.2 Å². The molecule has 1 unspecified atom stereocenters. The SMILES string of the molecule is COc1ccc(S(=O)(=O)N2C(=O)C(c3cc(CN4CCOCC4)ccc3OC)(N3CCC[C@H]3C(=O)N(C)C)c3cc(Cl)ccc32)cc1. The predicted octanol–water partition coefficient (Wildman–Crippen LogP) is 3.72. The number of carbonyl (C=O) groups excluding carboxylic acids is 2. The molecular formula is C34H39ClN4O7S. The van der Waals surface area contributed by atoms with Crippen LogP contribution in [0.4, 0.5) is 5.69 Å². The van der Waals surface area contributed by atoms with Crippen molar-refractivity contribution in [2.75, 3.05) is 65.5 Å². The number of nitrogens with zero attached hydrogens (tertiary/aromatic N) is 4. The number of rotatable bonds is 9. The van der Waals surface area contributed by atoms with Crippen molar-refractivity contribution in [3.63, 3.8) is 0 Å². The van der Waals surface area contributed by atoms with Gasteiger partial charge in [-0.3, -0.25) is 19.4 Å². The number of fused-ring (bicyclic) bond motifs is 1. The van der Waals surface area contributed by atoms with Crippen LogP contribution in [0, 0.1) is 0 Å². The largest absolute Gasteiger partial charge is 0.497 e. The van der Waals surface area contributed by atoms with Crippen molar-refractivity contribution in [2.45, 2.75) is 35.9 Å². The zero-order valence-electron chi connectivity index (χ0n) is 26.9. The lowest BCUT2D eigenvalue weighted by Crippen LogP contribution is -2.59. The Morgan fingerprint density at radius 1 is 0.979 bits per heavy atom. The fourth-order valence-electron chi connectivity index (χ4n) is 7.01. The second-order valence-corrected chi connectivity index (χ2v) is 14.4. The minimum Gasteiger partial charge on any atom is -0.497 e. The second kappa shape index (κ2) is 13.1. The number of methoxy groups -OCH3 is 2. The molecule has 3 aromatic rings. The molecule has 0 radical (unpaired) electrons. The van der Waals surface area contributed by atoms with Crippen molar-refractivity contribution in [1.82, 2.24) is 14.7 Å². The van der Waals surface area contributed by atoms with Crippen molar-refractivity contribution in [1.29, 1.82) is 0 Å². The van der Waals surface area contributed by atoms with Gasteiger partial charge in [-0.2, -0.15) is 0 Å². The summed E-state index contributed by atoms with van der Waals surface area (Å²) in [5, 5.41) is 0.322. The molecule has 2 atom stereocenters. The molecular weight excluding hydrogens is 644 g/mol. The van der Waals surface area contributed by atoms with Crippen LogP contribution in [0.1, 0.15) is 29.5 Å². The quantitative estimate of drug-likeness (QED) is 0.334. The fraction of sp³-hybridized carbons (Fsp3) is 0.412. The fourth-order valence-corrected chi connectivity index (χ4v) is 8.64. The van der Waals surface area contributed by atoms with E-state index < -0.39 is 27.5 Å². The van der Waals surface area contributed by atoms with Crippen LogP contribution < -0.4 is 13.8 Å². The van der Waals surface area contributed by atoms with Crippen molar-refractivity contribution in [3.8, 4) is 11.5 Å². The predicted molar refractivity (Wildman–Crippen MR) is 177 cm³/mol. The highest BCUT2D eigenvalue weighted by atomic mass is 35.5. The van der Waals surface area contributed by atoms with E-state index in [1.165, 1.54) is 43.4 Å².